The molecular weight excluding hydrogens is 396 g/mol. The van der Waals surface area contributed by atoms with Gasteiger partial charge in [-0.3, -0.25) is 4.57 Å². The van der Waals surface area contributed by atoms with E-state index < -0.39 is 0 Å². The summed E-state index contributed by atoms with van der Waals surface area (Å²) in [5, 5.41) is 15.4. The molecule has 4 heteroatoms. The van der Waals surface area contributed by atoms with Crippen LogP contribution in [-0.4, -0.2) is 21.8 Å². The Hall–Kier alpha value is -4.31. The first kappa shape index (κ1) is 18.5. The van der Waals surface area contributed by atoms with E-state index in [0.717, 1.165) is 27.5 Å². The second-order valence-electron chi connectivity index (χ2n) is 7.78. The summed E-state index contributed by atoms with van der Waals surface area (Å²) in [5.74, 6) is 1.42. The highest BCUT2D eigenvalue weighted by Gasteiger charge is 2.21. The Bertz CT molecular complexity index is 1620. The van der Waals surface area contributed by atoms with Crippen molar-refractivity contribution in [3.63, 3.8) is 0 Å². The molecule has 5 aromatic carbocycles. The second kappa shape index (κ2) is 7.13. The lowest BCUT2D eigenvalue weighted by Gasteiger charge is -2.13. The van der Waals surface area contributed by atoms with Gasteiger partial charge in [-0.2, -0.15) is 0 Å². The number of phenols is 1. The molecule has 1 N–H and O–H groups in total. The number of para-hydroxylation sites is 1. The van der Waals surface area contributed by atoms with Crippen molar-refractivity contribution in [3.8, 4) is 28.6 Å². The summed E-state index contributed by atoms with van der Waals surface area (Å²) in [6.07, 6.45) is 0. The van der Waals surface area contributed by atoms with E-state index in [1.165, 1.54) is 10.8 Å². The lowest BCUT2D eigenvalue weighted by molar-refractivity contribution is 0.408. The maximum Gasteiger partial charge on any atom is 0.149 e. The van der Waals surface area contributed by atoms with E-state index in [2.05, 4.69) is 59.2 Å². The van der Waals surface area contributed by atoms with Crippen LogP contribution in [-0.2, 0) is 0 Å². The molecule has 32 heavy (non-hydrogen) atoms. The monoisotopic (exact) mass is 416 g/mol. The van der Waals surface area contributed by atoms with E-state index in [1.54, 1.807) is 13.2 Å². The van der Waals surface area contributed by atoms with Crippen LogP contribution in [0, 0.1) is 0 Å². The van der Waals surface area contributed by atoms with E-state index in [4.69, 9.17) is 9.72 Å². The molecule has 0 amide bonds. The molecule has 0 saturated carbocycles. The number of benzene rings is 5. The Morgan fingerprint density at radius 2 is 1.34 bits per heavy atom. The number of imidazole rings is 1. The summed E-state index contributed by atoms with van der Waals surface area (Å²) >= 11 is 0. The fraction of sp³-hybridized carbons (Fsp3) is 0.0357. The molecule has 0 atom stereocenters. The SMILES string of the molecule is COc1ccc(-c2nc3c4ccccc4c4ccccc4c3n2-c2ccccc2)c(O)c1. The topological polar surface area (TPSA) is 47.3 Å². The largest absolute Gasteiger partial charge is 0.507 e. The van der Waals surface area contributed by atoms with Gasteiger partial charge in [0.15, 0.2) is 0 Å². The smallest absolute Gasteiger partial charge is 0.149 e. The lowest BCUT2D eigenvalue weighted by Crippen LogP contribution is -1.98. The molecule has 0 bridgehead atoms. The standard InChI is InChI=1S/C28H20N2O2/c1-32-19-15-16-24(25(31)17-19)28-29-26-22-13-7-5-11-20(22)21-12-6-8-14-23(21)27(26)30(28)18-9-3-2-4-10-18/h2-17,31H,1H3. The molecule has 4 nitrogen and oxygen atoms in total. The molecule has 0 saturated heterocycles. The highest BCUT2D eigenvalue weighted by Crippen LogP contribution is 2.41. The number of aromatic nitrogens is 2. The van der Waals surface area contributed by atoms with Gasteiger partial charge in [0, 0.05) is 22.5 Å². The predicted octanol–water partition coefficient (Wildman–Crippen LogP) is 6.71. The molecule has 0 aliphatic rings. The Morgan fingerprint density at radius 1 is 0.719 bits per heavy atom. The van der Waals surface area contributed by atoms with E-state index in [0.29, 0.717) is 17.1 Å². The van der Waals surface area contributed by atoms with Crippen molar-refractivity contribution < 1.29 is 9.84 Å². The molecule has 1 aromatic heterocycles. The molecule has 0 radical (unpaired) electrons. The Labute approximate surface area is 185 Å². The van der Waals surface area contributed by atoms with Crippen LogP contribution in [0.3, 0.4) is 0 Å². The number of ether oxygens (including phenoxy) is 1. The van der Waals surface area contributed by atoms with Crippen LogP contribution in [0.5, 0.6) is 11.5 Å². The molecule has 1 heterocycles. The van der Waals surface area contributed by atoms with Gasteiger partial charge < -0.3 is 9.84 Å². The molecule has 0 fully saturated rings. The lowest BCUT2D eigenvalue weighted by atomic mass is 10.00. The van der Waals surface area contributed by atoms with Crippen LogP contribution in [0.2, 0.25) is 0 Å². The van der Waals surface area contributed by atoms with Gasteiger partial charge in [-0.25, -0.2) is 4.98 Å². The van der Waals surface area contributed by atoms with Gasteiger partial charge in [-0.15, -0.1) is 0 Å². The number of phenolic OH excluding ortho intramolecular Hbond substituents is 1. The van der Waals surface area contributed by atoms with E-state index in [-0.39, 0.29) is 5.75 Å². The molecule has 154 valence electrons. The van der Waals surface area contributed by atoms with Gasteiger partial charge in [0.2, 0.25) is 0 Å². The van der Waals surface area contributed by atoms with Crippen molar-refractivity contribution >= 4 is 32.6 Å². The quantitative estimate of drug-likeness (QED) is 0.326. The minimum atomic E-state index is 0.130. The van der Waals surface area contributed by atoms with Gasteiger partial charge >= 0.3 is 0 Å². The van der Waals surface area contributed by atoms with Crippen LogP contribution in [0.1, 0.15) is 0 Å². The molecule has 6 rings (SSSR count). The fourth-order valence-corrected chi connectivity index (χ4v) is 4.54. The summed E-state index contributed by atoms with van der Waals surface area (Å²) in [6.45, 7) is 0. The number of nitrogens with zero attached hydrogens (tertiary/aromatic N) is 2. The van der Waals surface area contributed by atoms with Crippen molar-refractivity contribution in [2.24, 2.45) is 0 Å². The normalized spacial score (nSPS) is 11.4. The van der Waals surface area contributed by atoms with Gasteiger partial charge in [0.1, 0.15) is 17.3 Å². The van der Waals surface area contributed by atoms with Gasteiger partial charge in [0.25, 0.3) is 0 Å². The van der Waals surface area contributed by atoms with Gasteiger partial charge in [0.05, 0.1) is 23.7 Å². The molecule has 0 spiro atoms. The van der Waals surface area contributed by atoms with Gasteiger partial charge in [-0.1, -0.05) is 66.7 Å². The summed E-state index contributed by atoms with van der Waals surface area (Å²) in [6, 6.07) is 32.3. The van der Waals surface area contributed by atoms with Crippen LogP contribution in [0.4, 0.5) is 0 Å². The number of aromatic hydroxyl groups is 1. The van der Waals surface area contributed by atoms with Crippen molar-refractivity contribution in [2.45, 2.75) is 0 Å². The second-order valence-corrected chi connectivity index (χ2v) is 7.78. The third kappa shape index (κ3) is 2.66. The zero-order valence-electron chi connectivity index (χ0n) is 17.5. The van der Waals surface area contributed by atoms with Crippen LogP contribution >= 0.6 is 0 Å². The van der Waals surface area contributed by atoms with E-state index >= 15 is 0 Å². The number of hydrogen-bond acceptors (Lipinski definition) is 3. The Morgan fingerprint density at radius 3 is 2.03 bits per heavy atom. The average Bonchev–Trinajstić information content (AvgIpc) is 3.25. The first-order valence-corrected chi connectivity index (χ1v) is 10.5. The fourth-order valence-electron chi connectivity index (χ4n) is 4.54. The average molecular weight is 416 g/mol. The van der Waals surface area contributed by atoms with Crippen molar-refractivity contribution in [1.29, 1.82) is 0 Å². The zero-order chi connectivity index (χ0) is 21.7. The van der Waals surface area contributed by atoms with Crippen LogP contribution in [0.15, 0.2) is 97.1 Å². The van der Waals surface area contributed by atoms with Gasteiger partial charge in [-0.05, 0) is 35.0 Å². The molecule has 6 aromatic rings. The van der Waals surface area contributed by atoms with Crippen molar-refractivity contribution in [3.05, 3.63) is 97.1 Å². The maximum absolute atomic E-state index is 10.9. The summed E-state index contributed by atoms with van der Waals surface area (Å²) in [5.41, 5.74) is 3.57. The maximum atomic E-state index is 10.9. The first-order chi connectivity index (χ1) is 15.8. The highest BCUT2D eigenvalue weighted by molar-refractivity contribution is 6.24. The summed E-state index contributed by atoms with van der Waals surface area (Å²) in [7, 11) is 1.59. The summed E-state index contributed by atoms with van der Waals surface area (Å²) < 4.78 is 7.43. The number of hydrogen-bond donors (Lipinski definition) is 1. The van der Waals surface area contributed by atoms with Crippen molar-refractivity contribution in [2.75, 3.05) is 7.11 Å². The number of fused-ring (bicyclic) bond motifs is 6. The molecule has 0 unspecified atom stereocenters. The van der Waals surface area contributed by atoms with E-state index in [9.17, 15) is 5.11 Å². The minimum Gasteiger partial charge on any atom is -0.507 e. The van der Waals surface area contributed by atoms with E-state index in [1.807, 2.05) is 36.4 Å². The minimum absolute atomic E-state index is 0.130. The molecule has 0 aliphatic carbocycles. The predicted molar refractivity (Wildman–Crippen MR) is 130 cm³/mol. The third-order valence-corrected chi connectivity index (χ3v) is 5.99. The number of rotatable bonds is 3. The Kier molecular flexibility index (Phi) is 4.12. The van der Waals surface area contributed by atoms with Crippen LogP contribution < -0.4 is 4.74 Å². The van der Waals surface area contributed by atoms with Crippen LogP contribution in [0.25, 0.3) is 49.7 Å². The number of methoxy groups -OCH3 is 1. The Balaban J connectivity index is 1.84. The first-order valence-electron chi connectivity index (χ1n) is 10.5. The zero-order valence-corrected chi connectivity index (χ0v) is 17.5. The molecular formula is C28H20N2O2. The molecule has 0 aliphatic heterocycles. The summed E-state index contributed by atoms with van der Waals surface area (Å²) in [4.78, 5) is 5.12. The third-order valence-electron chi connectivity index (χ3n) is 5.99. The van der Waals surface area contributed by atoms with Crippen molar-refractivity contribution in [1.82, 2.24) is 9.55 Å². The highest BCUT2D eigenvalue weighted by atomic mass is 16.5.